The molecule has 0 radical (unpaired) electrons. The van der Waals surface area contributed by atoms with Crippen LogP contribution in [0.1, 0.15) is 169 Å². The van der Waals surface area contributed by atoms with E-state index in [0.29, 0.717) is 6.54 Å². The molecule has 0 saturated carbocycles. The van der Waals surface area contributed by atoms with E-state index in [0.717, 1.165) is 174 Å². The van der Waals surface area contributed by atoms with Crippen LogP contribution in [-0.4, -0.2) is 102 Å². The Morgan fingerprint density at radius 2 is 0.875 bits per heavy atom. The van der Waals surface area contributed by atoms with Crippen molar-refractivity contribution in [1.29, 1.82) is 0 Å². The van der Waals surface area contributed by atoms with Gasteiger partial charge in [-0.25, -0.2) is 0 Å². The van der Waals surface area contributed by atoms with Gasteiger partial charge in [0.15, 0.2) is 0 Å². The van der Waals surface area contributed by atoms with E-state index in [1.165, 1.54) is 25.7 Å². The van der Waals surface area contributed by atoms with Gasteiger partial charge < -0.3 is 20.8 Å². The predicted octanol–water partition coefficient (Wildman–Crippen LogP) is 8.67. The molecule has 1 fully saturated rings. The summed E-state index contributed by atoms with van der Waals surface area (Å²) in [5.74, 6) is -1.17. The molecule has 284 valence electrons. The first kappa shape index (κ1) is 44.8. The van der Waals surface area contributed by atoms with Crippen LogP contribution in [0.15, 0.2) is 0 Å². The summed E-state index contributed by atoms with van der Waals surface area (Å²) in [7, 11) is 0. The number of carbonyl (C=O) groups is 2. The lowest BCUT2D eigenvalue weighted by Crippen LogP contribution is -2.49. The number of carboxylic acid groups (broad SMARTS) is 2. The van der Waals surface area contributed by atoms with Gasteiger partial charge in [0.25, 0.3) is 0 Å². The number of unbranched alkanes of at least 4 members (excludes halogenated alkanes) is 10. The molecule has 1 heterocycles. The summed E-state index contributed by atoms with van der Waals surface area (Å²) >= 11 is 0. The number of rotatable bonds is 33. The van der Waals surface area contributed by atoms with E-state index in [9.17, 15) is 19.8 Å². The maximum Gasteiger partial charge on any atom is 0.309 e. The third-order valence-corrected chi connectivity index (χ3v) is 11.3. The highest BCUT2D eigenvalue weighted by Gasteiger charge is 2.37. The molecule has 0 bridgehead atoms. The molecule has 1 aliphatic heterocycles. The Hall–Kier alpha value is -1.22. The summed E-state index contributed by atoms with van der Waals surface area (Å²) in [6.07, 6.45) is 21.8. The van der Waals surface area contributed by atoms with Gasteiger partial charge in [0.05, 0.1) is 10.8 Å². The SMILES string of the molecule is CCCCCCC(CCCC)(CCCCN(CCCCC(CCCC)(CCCCCC)C(=O)O)CCN1CCN(CCN)CC1)C(=O)O. The van der Waals surface area contributed by atoms with Gasteiger partial charge >= 0.3 is 11.9 Å². The maximum absolute atomic E-state index is 12.7. The quantitative estimate of drug-likeness (QED) is 0.0591. The highest BCUT2D eigenvalue weighted by molar-refractivity contribution is 5.75. The van der Waals surface area contributed by atoms with Crippen molar-refractivity contribution in [3.8, 4) is 0 Å². The van der Waals surface area contributed by atoms with Crippen LogP contribution in [-0.2, 0) is 9.59 Å². The van der Waals surface area contributed by atoms with Gasteiger partial charge in [-0.15, -0.1) is 0 Å². The maximum atomic E-state index is 12.7. The first-order valence-corrected chi connectivity index (χ1v) is 20.6. The number of nitrogens with two attached hydrogens (primary N) is 1. The smallest absolute Gasteiger partial charge is 0.309 e. The minimum atomic E-state index is -0.585. The van der Waals surface area contributed by atoms with Crippen LogP contribution in [0.4, 0.5) is 0 Å². The molecular weight excluding hydrogens is 600 g/mol. The van der Waals surface area contributed by atoms with Crippen molar-refractivity contribution in [3.05, 3.63) is 0 Å². The van der Waals surface area contributed by atoms with Crippen molar-refractivity contribution in [2.75, 3.05) is 65.4 Å². The van der Waals surface area contributed by atoms with E-state index in [2.05, 4.69) is 42.4 Å². The van der Waals surface area contributed by atoms with Crippen LogP contribution < -0.4 is 5.73 Å². The van der Waals surface area contributed by atoms with Gasteiger partial charge in [-0.2, -0.15) is 0 Å². The van der Waals surface area contributed by atoms with E-state index in [1.807, 2.05) is 0 Å². The average molecular weight is 681 g/mol. The van der Waals surface area contributed by atoms with E-state index in [4.69, 9.17) is 5.73 Å². The molecule has 2 unspecified atom stereocenters. The molecule has 1 rings (SSSR count). The molecule has 8 nitrogen and oxygen atoms in total. The first-order valence-electron chi connectivity index (χ1n) is 20.6. The van der Waals surface area contributed by atoms with Gasteiger partial charge in [0.2, 0.25) is 0 Å². The summed E-state index contributed by atoms with van der Waals surface area (Å²) in [6, 6.07) is 0. The lowest BCUT2D eigenvalue weighted by atomic mass is 9.74. The Bertz CT molecular complexity index is 756. The number of hydrogen-bond donors (Lipinski definition) is 3. The third-order valence-electron chi connectivity index (χ3n) is 11.3. The molecule has 48 heavy (non-hydrogen) atoms. The van der Waals surface area contributed by atoms with Gasteiger partial charge in [0.1, 0.15) is 0 Å². The van der Waals surface area contributed by atoms with Gasteiger partial charge in [-0.05, 0) is 64.5 Å². The fraction of sp³-hybridized carbons (Fsp3) is 0.950. The zero-order valence-corrected chi connectivity index (χ0v) is 32.3. The fourth-order valence-corrected chi connectivity index (χ4v) is 7.84. The Balaban J connectivity index is 2.85. The molecule has 0 aromatic rings. The first-order chi connectivity index (χ1) is 23.2. The molecule has 1 aliphatic rings. The predicted molar refractivity (Wildman–Crippen MR) is 203 cm³/mol. The number of nitrogens with zero attached hydrogens (tertiary/aromatic N) is 3. The number of carboxylic acids is 2. The topological polar surface area (TPSA) is 110 Å². The normalized spacial score (nSPS) is 17.0. The molecule has 4 N–H and O–H groups in total. The van der Waals surface area contributed by atoms with E-state index in [-0.39, 0.29) is 0 Å². The van der Waals surface area contributed by atoms with E-state index >= 15 is 0 Å². The second-order valence-corrected chi connectivity index (χ2v) is 15.2. The van der Waals surface area contributed by atoms with Crippen LogP contribution in [0, 0.1) is 10.8 Å². The Labute approximate surface area is 296 Å². The van der Waals surface area contributed by atoms with Crippen molar-refractivity contribution < 1.29 is 19.8 Å². The van der Waals surface area contributed by atoms with Crippen molar-refractivity contribution >= 4 is 11.9 Å². The largest absolute Gasteiger partial charge is 0.481 e. The molecule has 0 aromatic carbocycles. The molecular formula is C40H80N4O4. The standard InChI is InChI=1S/C40H80N4O4/c1-5-9-13-15-23-39(37(45)46,21-11-7-3)25-17-19-28-42(31-34-44-35-32-43(30-27-41)33-36-44)29-20-18-26-40(38(47)48,22-12-8-4)24-16-14-10-6-2/h5-36,41H2,1-4H3,(H,45,46)(H,47,48). The Morgan fingerprint density at radius 1 is 0.521 bits per heavy atom. The van der Waals surface area contributed by atoms with Crippen molar-refractivity contribution in [2.24, 2.45) is 16.6 Å². The second kappa shape index (κ2) is 27.5. The Morgan fingerprint density at radius 3 is 1.23 bits per heavy atom. The number of piperazine rings is 1. The molecule has 2 atom stereocenters. The van der Waals surface area contributed by atoms with Crippen molar-refractivity contribution in [3.63, 3.8) is 0 Å². The fourth-order valence-electron chi connectivity index (χ4n) is 7.84. The lowest BCUT2D eigenvalue weighted by Gasteiger charge is -2.36. The third kappa shape index (κ3) is 18.1. The molecule has 0 aromatic heterocycles. The monoisotopic (exact) mass is 681 g/mol. The van der Waals surface area contributed by atoms with Crippen molar-refractivity contribution in [1.82, 2.24) is 14.7 Å². The van der Waals surface area contributed by atoms with Crippen LogP contribution in [0.25, 0.3) is 0 Å². The summed E-state index contributed by atoms with van der Waals surface area (Å²) in [6.45, 7) is 18.8. The highest BCUT2D eigenvalue weighted by Crippen LogP contribution is 2.38. The zero-order valence-electron chi connectivity index (χ0n) is 32.3. The van der Waals surface area contributed by atoms with Gasteiger partial charge in [-0.1, -0.05) is 118 Å². The number of hydrogen-bond acceptors (Lipinski definition) is 6. The van der Waals surface area contributed by atoms with Crippen molar-refractivity contribution in [2.45, 2.75) is 169 Å². The van der Waals surface area contributed by atoms with Crippen LogP contribution >= 0.6 is 0 Å². The summed E-state index contributed by atoms with van der Waals surface area (Å²) < 4.78 is 0. The van der Waals surface area contributed by atoms with E-state index < -0.39 is 22.8 Å². The molecule has 0 amide bonds. The summed E-state index contributed by atoms with van der Waals surface area (Å²) in [5.41, 5.74) is 4.64. The van der Waals surface area contributed by atoms with Crippen LogP contribution in [0.5, 0.6) is 0 Å². The summed E-state index contributed by atoms with van der Waals surface area (Å²) in [4.78, 5) is 32.9. The minimum absolute atomic E-state index is 0.576. The molecule has 0 aliphatic carbocycles. The van der Waals surface area contributed by atoms with Crippen LogP contribution in [0.2, 0.25) is 0 Å². The minimum Gasteiger partial charge on any atom is -0.481 e. The Kier molecular flexibility index (Phi) is 25.7. The summed E-state index contributed by atoms with van der Waals surface area (Å²) in [5, 5.41) is 20.8. The lowest BCUT2D eigenvalue weighted by molar-refractivity contribution is -0.151. The zero-order chi connectivity index (χ0) is 35.5. The van der Waals surface area contributed by atoms with Gasteiger partial charge in [0, 0.05) is 52.4 Å². The molecule has 8 heteroatoms. The molecule has 1 saturated heterocycles. The van der Waals surface area contributed by atoms with Crippen LogP contribution in [0.3, 0.4) is 0 Å². The highest BCUT2D eigenvalue weighted by atomic mass is 16.4. The molecule has 0 spiro atoms. The second-order valence-electron chi connectivity index (χ2n) is 15.2. The number of aliphatic carboxylic acids is 2. The average Bonchev–Trinajstić information content (AvgIpc) is 3.08. The van der Waals surface area contributed by atoms with Gasteiger partial charge in [-0.3, -0.25) is 19.4 Å². The van der Waals surface area contributed by atoms with E-state index in [1.54, 1.807) is 0 Å².